The van der Waals surface area contributed by atoms with Gasteiger partial charge in [0.05, 0.1) is 12.5 Å². The number of hydrogen-bond donors (Lipinski definition) is 0. The molecule has 0 aromatic rings. The van der Waals surface area contributed by atoms with Gasteiger partial charge >= 0.3 is 0 Å². The summed E-state index contributed by atoms with van der Waals surface area (Å²) in [5.41, 5.74) is 0. The molecule has 0 spiro atoms. The lowest BCUT2D eigenvalue weighted by Crippen LogP contribution is -2.55. The van der Waals surface area contributed by atoms with E-state index in [0.29, 0.717) is 31.5 Å². The second kappa shape index (κ2) is 7.05. The lowest BCUT2D eigenvalue weighted by atomic mass is 10.1. The smallest absolute Gasteiger partial charge is 0.223 e. The van der Waals surface area contributed by atoms with Gasteiger partial charge in [0.2, 0.25) is 5.91 Å². The van der Waals surface area contributed by atoms with Crippen molar-refractivity contribution in [2.75, 3.05) is 39.8 Å². The van der Waals surface area contributed by atoms with E-state index in [1.165, 1.54) is 19.4 Å². The summed E-state index contributed by atoms with van der Waals surface area (Å²) >= 11 is 0. The molecule has 0 aromatic heterocycles. The Kier molecular flexibility index (Phi) is 5.38. The quantitative estimate of drug-likeness (QED) is 0.750. The Bertz CT molecular complexity index is 379. The van der Waals surface area contributed by atoms with Crippen molar-refractivity contribution in [2.24, 2.45) is 0 Å². The van der Waals surface area contributed by atoms with Gasteiger partial charge in [0.25, 0.3) is 0 Å². The zero-order valence-electron chi connectivity index (χ0n) is 12.7. The van der Waals surface area contributed by atoms with Crippen molar-refractivity contribution >= 4 is 5.91 Å². The monoisotopic (exact) mass is 278 g/mol. The van der Waals surface area contributed by atoms with Crippen molar-refractivity contribution < 1.29 is 4.79 Å². The highest BCUT2D eigenvalue weighted by Gasteiger charge is 2.34. The maximum atomic E-state index is 12.0. The topological polar surface area (TPSA) is 50.6 Å². The number of nitrogens with zero attached hydrogens (tertiary/aromatic N) is 4. The largest absolute Gasteiger partial charge is 0.345 e. The number of carbonyl (C=O) groups excluding carboxylic acids is 1. The molecule has 2 fully saturated rings. The van der Waals surface area contributed by atoms with Crippen LogP contribution in [0.5, 0.6) is 0 Å². The number of nitriles is 1. The number of fused-ring (bicyclic) bond motifs is 1. The van der Waals surface area contributed by atoms with Crippen molar-refractivity contribution in [2.45, 2.75) is 44.7 Å². The van der Waals surface area contributed by atoms with Crippen LogP contribution in [0.1, 0.15) is 32.6 Å². The lowest BCUT2D eigenvalue weighted by molar-refractivity contribution is -0.130. The van der Waals surface area contributed by atoms with Crippen LogP contribution in [0, 0.1) is 11.3 Å². The Balaban J connectivity index is 1.75. The van der Waals surface area contributed by atoms with Crippen LogP contribution in [0.15, 0.2) is 0 Å². The molecule has 2 saturated heterocycles. The zero-order valence-corrected chi connectivity index (χ0v) is 12.7. The molecule has 0 N–H and O–H groups in total. The van der Waals surface area contributed by atoms with E-state index in [9.17, 15) is 4.79 Å². The normalized spacial score (nSPS) is 27.1. The molecule has 0 saturated carbocycles. The van der Waals surface area contributed by atoms with Crippen molar-refractivity contribution in [1.29, 1.82) is 5.26 Å². The molecule has 0 radical (unpaired) electrons. The summed E-state index contributed by atoms with van der Waals surface area (Å²) < 4.78 is 0. The number of carbonyl (C=O) groups is 1. The van der Waals surface area contributed by atoms with Crippen LogP contribution in [0.2, 0.25) is 0 Å². The summed E-state index contributed by atoms with van der Waals surface area (Å²) in [6, 6.07) is 3.33. The Morgan fingerprint density at radius 2 is 2.25 bits per heavy atom. The fourth-order valence-electron chi connectivity index (χ4n) is 3.33. The van der Waals surface area contributed by atoms with Crippen LogP contribution in [0.4, 0.5) is 0 Å². The first-order chi connectivity index (χ1) is 9.61. The standard InChI is InChI=1S/C15H26N4O/c1-13-11-19-9-3-5-14(19)12-18(13)10-6-15(20)17(2)8-4-7-16/h13-14H,3-6,8-12H2,1-2H3. The molecule has 1 amide bonds. The molecular weight excluding hydrogens is 252 g/mol. The molecular formula is C15H26N4O. The molecule has 2 heterocycles. The van der Waals surface area contributed by atoms with E-state index >= 15 is 0 Å². The minimum absolute atomic E-state index is 0.154. The van der Waals surface area contributed by atoms with Crippen molar-refractivity contribution in [1.82, 2.24) is 14.7 Å². The second-order valence-electron chi connectivity index (χ2n) is 6.11. The predicted molar refractivity (Wildman–Crippen MR) is 78.1 cm³/mol. The van der Waals surface area contributed by atoms with E-state index in [4.69, 9.17) is 5.26 Å². The van der Waals surface area contributed by atoms with Gasteiger partial charge < -0.3 is 4.90 Å². The third-order valence-electron chi connectivity index (χ3n) is 4.66. The van der Waals surface area contributed by atoms with Crippen molar-refractivity contribution in [3.63, 3.8) is 0 Å². The molecule has 2 unspecified atom stereocenters. The minimum atomic E-state index is 0.154. The molecule has 112 valence electrons. The Labute approximate surface area is 122 Å². The predicted octanol–water partition coefficient (Wildman–Crippen LogP) is 0.917. The third-order valence-corrected chi connectivity index (χ3v) is 4.66. The van der Waals surface area contributed by atoms with E-state index < -0.39 is 0 Å². The average Bonchev–Trinajstić information content (AvgIpc) is 2.88. The van der Waals surface area contributed by atoms with Gasteiger partial charge in [-0.3, -0.25) is 14.6 Å². The number of hydrogen-bond acceptors (Lipinski definition) is 4. The molecule has 5 nitrogen and oxygen atoms in total. The van der Waals surface area contributed by atoms with E-state index in [0.717, 1.165) is 19.6 Å². The van der Waals surface area contributed by atoms with Gasteiger partial charge in [-0.2, -0.15) is 5.26 Å². The molecule has 2 aliphatic heterocycles. The molecule has 2 atom stereocenters. The van der Waals surface area contributed by atoms with Gasteiger partial charge in [-0.1, -0.05) is 0 Å². The fraction of sp³-hybridized carbons (Fsp3) is 0.867. The van der Waals surface area contributed by atoms with Crippen molar-refractivity contribution in [3.05, 3.63) is 0 Å². The summed E-state index contributed by atoms with van der Waals surface area (Å²) in [6.45, 7) is 7.15. The molecule has 0 bridgehead atoms. The Hall–Kier alpha value is -1.12. The highest BCUT2D eigenvalue weighted by molar-refractivity contribution is 5.76. The summed E-state index contributed by atoms with van der Waals surface area (Å²) in [7, 11) is 1.79. The number of piperazine rings is 1. The Morgan fingerprint density at radius 1 is 1.45 bits per heavy atom. The van der Waals surface area contributed by atoms with Gasteiger partial charge in [0.1, 0.15) is 0 Å². The van der Waals surface area contributed by atoms with Crippen LogP contribution in [-0.4, -0.2) is 72.5 Å². The maximum absolute atomic E-state index is 12.0. The molecule has 2 aliphatic rings. The summed E-state index contributed by atoms with van der Waals surface area (Å²) in [5, 5.41) is 8.55. The first-order valence-corrected chi connectivity index (χ1v) is 7.71. The van der Waals surface area contributed by atoms with Gasteiger partial charge in [-0.15, -0.1) is 0 Å². The molecule has 20 heavy (non-hydrogen) atoms. The van der Waals surface area contributed by atoms with Crippen LogP contribution >= 0.6 is 0 Å². The van der Waals surface area contributed by atoms with Crippen molar-refractivity contribution in [3.8, 4) is 6.07 Å². The highest BCUT2D eigenvalue weighted by atomic mass is 16.2. The lowest BCUT2D eigenvalue weighted by Gasteiger charge is -2.42. The molecule has 0 aliphatic carbocycles. The SMILES string of the molecule is CC1CN2CCCC2CN1CCC(=O)N(C)CCC#N. The van der Waals surface area contributed by atoms with E-state index in [2.05, 4.69) is 22.8 Å². The zero-order chi connectivity index (χ0) is 14.5. The third kappa shape index (κ3) is 3.71. The first kappa shape index (κ1) is 15.3. The fourth-order valence-corrected chi connectivity index (χ4v) is 3.33. The van der Waals surface area contributed by atoms with Crippen LogP contribution in [0.3, 0.4) is 0 Å². The molecule has 5 heteroatoms. The van der Waals surface area contributed by atoms with Crippen LogP contribution in [0.25, 0.3) is 0 Å². The van der Waals surface area contributed by atoms with E-state index in [1.807, 2.05) is 0 Å². The van der Waals surface area contributed by atoms with Gasteiger partial charge in [0, 0.05) is 51.7 Å². The first-order valence-electron chi connectivity index (χ1n) is 7.71. The summed E-state index contributed by atoms with van der Waals surface area (Å²) in [4.78, 5) is 18.7. The minimum Gasteiger partial charge on any atom is -0.345 e. The number of rotatable bonds is 5. The van der Waals surface area contributed by atoms with E-state index in [-0.39, 0.29) is 5.91 Å². The van der Waals surface area contributed by atoms with E-state index in [1.54, 1.807) is 11.9 Å². The number of amides is 1. The summed E-state index contributed by atoms with van der Waals surface area (Å²) in [6.07, 6.45) is 3.61. The Morgan fingerprint density at radius 3 is 3.00 bits per heavy atom. The maximum Gasteiger partial charge on any atom is 0.223 e. The molecule has 0 aromatic carbocycles. The van der Waals surface area contributed by atoms with Crippen LogP contribution in [-0.2, 0) is 4.79 Å². The van der Waals surface area contributed by atoms with Gasteiger partial charge in [-0.25, -0.2) is 0 Å². The molecule has 2 rings (SSSR count). The summed E-state index contributed by atoms with van der Waals surface area (Å²) in [5.74, 6) is 0.154. The average molecular weight is 278 g/mol. The van der Waals surface area contributed by atoms with Crippen LogP contribution < -0.4 is 0 Å². The van der Waals surface area contributed by atoms with Gasteiger partial charge in [0.15, 0.2) is 0 Å². The highest BCUT2D eigenvalue weighted by Crippen LogP contribution is 2.24. The van der Waals surface area contributed by atoms with Gasteiger partial charge in [-0.05, 0) is 26.3 Å². The second-order valence-corrected chi connectivity index (χ2v) is 6.11.